The van der Waals surface area contributed by atoms with E-state index in [0.29, 0.717) is 13.1 Å². The van der Waals surface area contributed by atoms with Gasteiger partial charge in [0.15, 0.2) is 5.13 Å². The van der Waals surface area contributed by atoms with E-state index >= 15 is 0 Å². The van der Waals surface area contributed by atoms with Gasteiger partial charge in [-0.1, -0.05) is 0 Å². The summed E-state index contributed by atoms with van der Waals surface area (Å²) in [5.41, 5.74) is 1.02. The minimum absolute atomic E-state index is 0.553. The zero-order valence-electron chi connectivity index (χ0n) is 9.38. The van der Waals surface area contributed by atoms with Crippen molar-refractivity contribution in [2.24, 2.45) is 0 Å². The van der Waals surface area contributed by atoms with E-state index in [1.54, 1.807) is 11.3 Å². The SMILES string of the molecule is Cc1csc(N2CCN(S(C)(=O)=O)CC2)n1. The molecule has 2 rings (SSSR count). The predicted octanol–water partition coefficient (Wildman–Crippen LogP) is 0.533. The number of aromatic nitrogens is 1. The molecule has 0 bridgehead atoms. The largest absolute Gasteiger partial charge is 0.345 e. The van der Waals surface area contributed by atoms with E-state index in [4.69, 9.17) is 0 Å². The second kappa shape index (κ2) is 4.31. The summed E-state index contributed by atoms with van der Waals surface area (Å²) in [5.74, 6) is 0. The Kier molecular flexibility index (Phi) is 3.18. The van der Waals surface area contributed by atoms with Gasteiger partial charge < -0.3 is 4.90 Å². The molecule has 5 nitrogen and oxygen atoms in total. The Bertz CT molecular complexity index is 461. The lowest BCUT2D eigenvalue weighted by Gasteiger charge is -2.32. The first kappa shape index (κ1) is 11.8. The molecule has 0 saturated carbocycles. The number of hydrogen-bond acceptors (Lipinski definition) is 5. The highest BCUT2D eigenvalue weighted by Crippen LogP contribution is 2.21. The van der Waals surface area contributed by atoms with Crippen molar-refractivity contribution in [1.82, 2.24) is 9.29 Å². The van der Waals surface area contributed by atoms with Gasteiger partial charge in [-0.2, -0.15) is 4.31 Å². The zero-order valence-corrected chi connectivity index (χ0v) is 11.0. The molecule has 1 aliphatic rings. The van der Waals surface area contributed by atoms with E-state index in [9.17, 15) is 8.42 Å². The molecule has 0 aliphatic carbocycles. The van der Waals surface area contributed by atoms with Crippen molar-refractivity contribution in [3.63, 3.8) is 0 Å². The number of thiazole rings is 1. The average Bonchev–Trinajstić information content (AvgIpc) is 2.64. The second-order valence-electron chi connectivity index (χ2n) is 3.92. The first-order chi connectivity index (χ1) is 7.47. The molecule has 0 atom stereocenters. The standard InChI is InChI=1S/C9H15N3O2S2/c1-8-7-15-9(10-8)11-3-5-12(6-4-11)16(2,13)14/h7H,3-6H2,1-2H3. The number of piperazine rings is 1. The number of rotatable bonds is 2. The van der Waals surface area contributed by atoms with Crippen LogP contribution in [0.5, 0.6) is 0 Å². The maximum absolute atomic E-state index is 11.3. The molecule has 0 aromatic carbocycles. The minimum Gasteiger partial charge on any atom is -0.345 e. The van der Waals surface area contributed by atoms with Gasteiger partial charge in [0, 0.05) is 31.6 Å². The Morgan fingerprint density at radius 1 is 1.31 bits per heavy atom. The molecule has 0 amide bonds. The summed E-state index contributed by atoms with van der Waals surface area (Å²) in [4.78, 5) is 6.54. The van der Waals surface area contributed by atoms with Gasteiger partial charge in [-0.3, -0.25) is 0 Å². The maximum Gasteiger partial charge on any atom is 0.211 e. The molecule has 1 aromatic heterocycles. The van der Waals surface area contributed by atoms with Gasteiger partial charge >= 0.3 is 0 Å². The lowest BCUT2D eigenvalue weighted by atomic mass is 10.4. The van der Waals surface area contributed by atoms with E-state index in [-0.39, 0.29) is 0 Å². The molecular weight excluding hydrogens is 246 g/mol. The monoisotopic (exact) mass is 261 g/mol. The van der Waals surface area contributed by atoms with Crippen molar-refractivity contribution in [1.29, 1.82) is 0 Å². The van der Waals surface area contributed by atoms with Crippen LogP contribution in [-0.2, 0) is 10.0 Å². The molecule has 0 N–H and O–H groups in total. The van der Waals surface area contributed by atoms with Crippen LogP contribution in [0.3, 0.4) is 0 Å². The van der Waals surface area contributed by atoms with Crippen LogP contribution in [-0.4, -0.2) is 50.1 Å². The van der Waals surface area contributed by atoms with Crippen LogP contribution in [0.25, 0.3) is 0 Å². The van der Waals surface area contributed by atoms with E-state index in [1.807, 2.05) is 12.3 Å². The third kappa shape index (κ3) is 2.53. The van der Waals surface area contributed by atoms with Crippen molar-refractivity contribution < 1.29 is 8.42 Å². The molecule has 7 heteroatoms. The number of anilines is 1. The summed E-state index contributed by atoms with van der Waals surface area (Å²) < 4.78 is 24.2. The van der Waals surface area contributed by atoms with Crippen LogP contribution >= 0.6 is 11.3 Å². The smallest absolute Gasteiger partial charge is 0.211 e. The highest BCUT2D eigenvalue weighted by atomic mass is 32.2. The van der Waals surface area contributed by atoms with Crippen LogP contribution in [0, 0.1) is 6.92 Å². The fraction of sp³-hybridized carbons (Fsp3) is 0.667. The van der Waals surface area contributed by atoms with Crippen molar-refractivity contribution in [3.05, 3.63) is 11.1 Å². The normalized spacial score (nSPS) is 19.0. The molecule has 16 heavy (non-hydrogen) atoms. The van der Waals surface area contributed by atoms with Gasteiger partial charge in [-0.05, 0) is 6.92 Å². The Labute approximate surface area is 99.8 Å². The molecule has 90 valence electrons. The van der Waals surface area contributed by atoms with Crippen LogP contribution in [0.1, 0.15) is 5.69 Å². The van der Waals surface area contributed by atoms with Gasteiger partial charge in [0.05, 0.1) is 11.9 Å². The van der Waals surface area contributed by atoms with Crippen LogP contribution < -0.4 is 4.90 Å². The fourth-order valence-electron chi connectivity index (χ4n) is 1.70. The van der Waals surface area contributed by atoms with Crippen LogP contribution in [0.15, 0.2) is 5.38 Å². The maximum atomic E-state index is 11.3. The molecule has 1 fully saturated rings. The highest BCUT2D eigenvalue weighted by Gasteiger charge is 2.24. The summed E-state index contributed by atoms with van der Waals surface area (Å²) in [5, 5.41) is 3.00. The molecular formula is C9H15N3O2S2. The van der Waals surface area contributed by atoms with E-state index in [2.05, 4.69) is 9.88 Å². The molecule has 1 aromatic rings. The fourth-order valence-corrected chi connectivity index (χ4v) is 3.38. The Morgan fingerprint density at radius 2 is 1.94 bits per heavy atom. The van der Waals surface area contributed by atoms with Crippen LogP contribution in [0.2, 0.25) is 0 Å². The lowest BCUT2D eigenvalue weighted by molar-refractivity contribution is 0.388. The molecule has 0 radical (unpaired) electrons. The number of nitrogens with zero attached hydrogens (tertiary/aromatic N) is 3. The van der Waals surface area contributed by atoms with Gasteiger partial charge in [-0.15, -0.1) is 11.3 Å². The Hall–Kier alpha value is -0.660. The summed E-state index contributed by atoms with van der Waals surface area (Å²) in [6, 6.07) is 0. The van der Waals surface area contributed by atoms with Crippen molar-refractivity contribution in [2.75, 3.05) is 37.3 Å². The van der Waals surface area contributed by atoms with Gasteiger partial charge in [0.1, 0.15) is 0 Å². The summed E-state index contributed by atoms with van der Waals surface area (Å²) in [6.07, 6.45) is 1.26. The predicted molar refractivity (Wildman–Crippen MR) is 65.5 cm³/mol. The third-order valence-corrected chi connectivity index (χ3v) is 4.91. The zero-order chi connectivity index (χ0) is 11.8. The molecule has 0 spiro atoms. The third-order valence-electron chi connectivity index (χ3n) is 2.59. The summed E-state index contributed by atoms with van der Waals surface area (Å²) in [6.45, 7) is 4.52. The molecule has 1 saturated heterocycles. The number of aryl methyl sites for hydroxylation is 1. The lowest BCUT2D eigenvalue weighted by Crippen LogP contribution is -2.48. The van der Waals surface area contributed by atoms with E-state index in [1.165, 1.54) is 10.6 Å². The summed E-state index contributed by atoms with van der Waals surface area (Å²) >= 11 is 1.61. The van der Waals surface area contributed by atoms with E-state index < -0.39 is 10.0 Å². The van der Waals surface area contributed by atoms with Crippen molar-refractivity contribution >= 4 is 26.5 Å². The Morgan fingerprint density at radius 3 is 2.38 bits per heavy atom. The topological polar surface area (TPSA) is 53.5 Å². The molecule has 0 unspecified atom stereocenters. The first-order valence-electron chi connectivity index (χ1n) is 5.09. The van der Waals surface area contributed by atoms with E-state index in [0.717, 1.165) is 23.9 Å². The van der Waals surface area contributed by atoms with Crippen molar-refractivity contribution in [2.45, 2.75) is 6.92 Å². The quantitative estimate of drug-likeness (QED) is 0.779. The summed E-state index contributed by atoms with van der Waals surface area (Å²) in [7, 11) is -3.04. The minimum atomic E-state index is -3.04. The number of hydrogen-bond donors (Lipinski definition) is 0. The second-order valence-corrected chi connectivity index (χ2v) is 6.74. The molecule has 2 heterocycles. The van der Waals surface area contributed by atoms with Gasteiger partial charge in [0.25, 0.3) is 0 Å². The average molecular weight is 261 g/mol. The molecule has 1 aliphatic heterocycles. The number of sulfonamides is 1. The van der Waals surface area contributed by atoms with Gasteiger partial charge in [0.2, 0.25) is 10.0 Å². The Balaban J connectivity index is 2.00. The van der Waals surface area contributed by atoms with Gasteiger partial charge in [-0.25, -0.2) is 13.4 Å². The highest BCUT2D eigenvalue weighted by molar-refractivity contribution is 7.88. The van der Waals surface area contributed by atoms with Crippen LogP contribution in [0.4, 0.5) is 5.13 Å². The van der Waals surface area contributed by atoms with Crippen molar-refractivity contribution in [3.8, 4) is 0 Å². The first-order valence-corrected chi connectivity index (χ1v) is 7.82.